The molecular weight excluding hydrogens is 299 g/mol. The molecule has 2 rings (SSSR count). The molecule has 1 N–H and O–H groups in total. The van der Waals surface area contributed by atoms with Crippen LogP contribution in [0.2, 0.25) is 10.0 Å². The van der Waals surface area contributed by atoms with E-state index in [4.69, 9.17) is 32.5 Å². The van der Waals surface area contributed by atoms with Crippen molar-refractivity contribution in [1.29, 1.82) is 0 Å². The van der Waals surface area contributed by atoms with Crippen molar-refractivity contribution >= 4 is 23.2 Å². The molecule has 6 heteroatoms. The van der Waals surface area contributed by atoms with Gasteiger partial charge in [-0.25, -0.2) is 0 Å². The molecule has 0 spiro atoms. The Bertz CT molecular complexity index is 558. The van der Waals surface area contributed by atoms with Crippen LogP contribution in [-0.2, 0) is 13.2 Å². The van der Waals surface area contributed by atoms with Crippen molar-refractivity contribution in [3.8, 4) is 5.75 Å². The third kappa shape index (κ3) is 4.40. The molecule has 4 nitrogen and oxygen atoms in total. The van der Waals surface area contributed by atoms with E-state index in [1.807, 2.05) is 6.07 Å². The first-order valence-corrected chi connectivity index (χ1v) is 7.17. The molecule has 20 heavy (non-hydrogen) atoms. The number of hydrogen-bond donors (Lipinski definition) is 1. The number of ether oxygens (including phenoxy) is 1. The van der Waals surface area contributed by atoms with E-state index in [1.54, 1.807) is 18.2 Å². The molecule has 0 aliphatic rings. The van der Waals surface area contributed by atoms with Crippen molar-refractivity contribution < 1.29 is 9.26 Å². The van der Waals surface area contributed by atoms with Crippen LogP contribution in [0, 0.1) is 0 Å². The van der Waals surface area contributed by atoms with Gasteiger partial charge < -0.3 is 14.6 Å². The van der Waals surface area contributed by atoms with Crippen LogP contribution in [-0.4, -0.2) is 11.7 Å². The Labute approximate surface area is 128 Å². The molecule has 1 aromatic heterocycles. The second-order valence-electron chi connectivity index (χ2n) is 4.33. The molecule has 1 heterocycles. The Kier molecular flexibility index (Phi) is 5.71. The quantitative estimate of drug-likeness (QED) is 0.783. The molecule has 108 valence electrons. The molecule has 0 unspecified atom stereocenters. The lowest BCUT2D eigenvalue weighted by atomic mass is 10.3. The Morgan fingerprint density at radius 3 is 2.85 bits per heavy atom. The highest BCUT2D eigenvalue weighted by Crippen LogP contribution is 2.26. The molecule has 0 radical (unpaired) electrons. The lowest BCUT2D eigenvalue weighted by molar-refractivity contribution is 0.248. The number of benzene rings is 1. The number of nitrogens with zero attached hydrogens (tertiary/aromatic N) is 1. The van der Waals surface area contributed by atoms with Crippen molar-refractivity contribution in [3.05, 3.63) is 45.8 Å². The van der Waals surface area contributed by atoms with Crippen LogP contribution in [0.15, 0.2) is 28.8 Å². The van der Waals surface area contributed by atoms with Crippen LogP contribution in [0.1, 0.15) is 24.8 Å². The monoisotopic (exact) mass is 314 g/mol. The van der Waals surface area contributed by atoms with E-state index in [0.717, 1.165) is 18.7 Å². The number of nitrogens with one attached hydrogen (secondary N) is 1. The Balaban J connectivity index is 1.85. The summed E-state index contributed by atoms with van der Waals surface area (Å²) in [6.07, 6.45) is 1.09. The third-order valence-electron chi connectivity index (χ3n) is 2.61. The second kappa shape index (κ2) is 7.53. The summed E-state index contributed by atoms with van der Waals surface area (Å²) in [6, 6.07) is 7.00. The topological polar surface area (TPSA) is 47.3 Å². The van der Waals surface area contributed by atoms with Gasteiger partial charge in [-0.05, 0) is 25.1 Å². The molecule has 0 fully saturated rings. The normalized spacial score (nSPS) is 10.8. The van der Waals surface area contributed by atoms with E-state index in [-0.39, 0.29) is 0 Å². The summed E-state index contributed by atoms with van der Waals surface area (Å²) in [5.74, 6) is 1.31. The largest absolute Gasteiger partial charge is 0.485 e. The van der Waals surface area contributed by atoms with Gasteiger partial charge in [0.1, 0.15) is 12.4 Å². The number of hydrogen-bond acceptors (Lipinski definition) is 4. The van der Waals surface area contributed by atoms with Crippen molar-refractivity contribution in [2.75, 3.05) is 6.54 Å². The molecule has 2 aromatic rings. The van der Waals surface area contributed by atoms with E-state index >= 15 is 0 Å². The van der Waals surface area contributed by atoms with E-state index in [9.17, 15) is 0 Å². The van der Waals surface area contributed by atoms with E-state index in [2.05, 4.69) is 17.4 Å². The fraction of sp³-hybridized carbons (Fsp3) is 0.357. The lowest BCUT2D eigenvalue weighted by Gasteiger charge is -2.04. The zero-order chi connectivity index (χ0) is 14.4. The highest BCUT2D eigenvalue weighted by molar-refractivity contribution is 6.42. The van der Waals surface area contributed by atoms with Crippen molar-refractivity contribution in [3.63, 3.8) is 0 Å². The summed E-state index contributed by atoms with van der Waals surface area (Å²) in [5.41, 5.74) is 0.867. The summed E-state index contributed by atoms with van der Waals surface area (Å²) in [5, 5.41) is 8.19. The molecule has 0 amide bonds. The maximum absolute atomic E-state index is 5.91. The highest BCUT2D eigenvalue weighted by Gasteiger charge is 2.06. The van der Waals surface area contributed by atoms with Gasteiger partial charge in [0.25, 0.3) is 0 Å². The molecular formula is C14H16Cl2N2O2. The van der Waals surface area contributed by atoms with E-state index in [1.165, 1.54) is 0 Å². The minimum atomic E-state index is 0.304. The van der Waals surface area contributed by atoms with Crippen molar-refractivity contribution in [2.24, 2.45) is 0 Å². The second-order valence-corrected chi connectivity index (χ2v) is 5.14. The number of aromatic nitrogens is 1. The summed E-state index contributed by atoms with van der Waals surface area (Å²) in [4.78, 5) is 0. The van der Waals surface area contributed by atoms with Crippen LogP contribution in [0.3, 0.4) is 0 Å². The minimum absolute atomic E-state index is 0.304. The smallest absolute Gasteiger partial charge is 0.174 e. The predicted octanol–water partition coefficient (Wildman–Crippen LogP) is 4.06. The Morgan fingerprint density at radius 1 is 1.25 bits per heavy atom. The Morgan fingerprint density at radius 2 is 2.10 bits per heavy atom. The summed E-state index contributed by atoms with van der Waals surface area (Å²) in [7, 11) is 0. The zero-order valence-electron chi connectivity index (χ0n) is 11.2. The number of rotatable bonds is 7. The average molecular weight is 315 g/mol. The van der Waals surface area contributed by atoms with Crippen LogP contribution in [0.25, 0.3) is 0 Å². The first-order chi connectivity index (χ1) is 9.69. The summed E-state index contributed by atoms with van der Waals surface area (Å²) < 4.78 is 10.8. The van der Waals surface area contributed by atoms with Gasteiger partial charge in [-0.1, -0.05) is 35.3 Å². The van der Waals surface area contributed by atoms with Gasteiger partial charge in [0, 0.05) is 18.7 Å². The van der Waals surface area contributed by atoms with Crippen LogP contribution in [0.4, 0.5) is 0 Å². The minimum Gasteiger partial charge on any atom is -0.485 e. The van der Waals surface area contributed by atoms with Crippen molar-refractivity contribution in [2.45, 2.75) is 26.5 Å². The third-order valence-corrected chi connectivity index (χ3v) is 3.35. The van der Waals surface area contributed by atoms with Gasteiger partial charge in [0.2, 0.25) is 0 Å². The zero-order valence-corrected chi connectivity index (χ0v) is 12.7. The maximum Gasteiger partial charge on any atom is 0.174 e. The molecule has 1 aromatic carbocycles. The molecule has 0 aliphatic carbocycles. The maximum atomic E-state index is 5.91. The van der Waals surface area contributed by atoms with Gasteiger partial charge in [0.05, 0.1) is 15.7 Å². The van der Waals surface area contributed by atoms with Crippen LogP contribution >= 0.6 is 23.2 Å². The molecule has 0 aliphatic heterocycles. The van der Waals surface area contributed by atoms with Gasteiger partial charge in [-0.2, -0.15) is 0 Å². The molecule has 0 saturated carbocycles. The van der Waals surface area contributed by atoms with Gasteiger partial charge in [0.15, 0.2) is 5.76 Å². The highest BCUT2D eigenvalue weighted by atomic mass is 35.5. The molecule has 0 saturated heterocycles. The molecule has 0 bridgehead atoms. The van der Waals surface area contributed by atoms with Crippen LogP contribution in [0.5, 0.6) is 5.75 Å². The fourth-order valence-electron chi connectivity index (χ4n) is 1.62. The fourth-order valence-corrected chi connectivity index (χ4v) is 1.91. The van der Waals surface area contributed by atoms with Gasteiger partial charge >= 0.3 is 0 Å². The standard InChI is InChI=1S/C14H16Cl2N2O2/c1-2-5-17-8-10-6-12(20-18-10)9-19-11-3-4-13(15)14(16)7-11/h3-4,6-7,17H,2,5,8-9H2,1H3. The lowest BCUT2D eigenvalue weighted by Crippen LogP contribution is -2.13. The van der Waals surface area contributed by atoms with Crippen LogP contribution < -0.4 is 10.1 Å². The first-order valence-electron chi connectivity index (χ1n) is 6.42. The van der Waals surface area contributed by atoms with Gasteiger partial charge in [-0.15, -0.1) is 0 Å². The Hall–Kier alpha value is -1.23. The van der Waals surface area contributed by atoms with E-state index in [0.29, 0.717) is 34.7 Å². The SMILES string of the molecule is CCCNCc1cc(COc2ccc(Cl)c(Cl)c2)on1. The first kappa shape index (κ1) is 15.2. The molecule has 0 atom stereocenters. The number of halogens is 2. The average Bonchev–Trinajstić information content (AvgIpc) is 2.88. The van der Waals surface area contributed by atoms with E-state index < -0.39 is 0 Å². The predicted molar refractivity (Wildman–Crippen MR) is 79.3 cm³/mol. The van der Waals surface area contributed by atoms with Gasteiger partial charge in [-0.3, -0.25) is 0 Å². The van der Waals surface area contributed by atoms with Crippen molar-refractivity contribution in [1.82, 2.24) is 10.5 Å². The summed E-state index contributed by atoms with van der Waals surface area (Å²) in [6.45, 7) is 4.08. The summed E-state index contributed by atoms with van der Waals surface area (Å²) >= 11 is 11.8.